The fourth-order valence-electron chi connectivity index (χ4n) is 16.7. The van der Waals surface area contributed by atoms with E-state index in [0.717, 1.165) is 94.2 Å². The van der Waals surface area contributed by atoms with Crippen molar-refractivity contribution in [3.8, 4) is 96.5 Å². The van der Waals surface area contributed by atoms with E-state index in [1.54, 1.807) is 150 Å². The van der Waals surface area contributed by atoms with E-state index in [2.05, 4.69) is 154 Å². The van der Waals surface area contributed by atoms with Crippen LogP contribution < -0.4 is 22.9 Å². The summed E-state index contributed by atoms with van der Waals surface area (Å²) in [6.45, 7) is 22.5. The third-order valence-electron chi connectivity index (χ3n) is 25.7. The van der Waals surface area contributed by atoms with Crippen molar-refractivity contribution >= 4 is 35.3 Å². The molecule has 3 fully saturated rings. The molecule has 0 saturated heterocycles. The molecule has 2 amide bonds. The number of nitrogens with two attached hydrogens (primary N) is 4. The third kappa shape index (κ3) is 20.8. The average Bonchev–Trinajstić information content (AvgIpc) is 1.58. The lowest BCUT2D eigenvalue weighted by Crippen LogP contribution is -2.31. The van der Waals surface area contributed by atoms with Crippen LogP contribution in [0.3, 0.4) is 0 Å². The minimum atomic E-state index is -0.871. The molecule has 12 heterocycles. The van der Waals surface area contributed by atoms with Crippen LogP contribution in [0.2, 0.25) is 0 Å². The molecule has 19 rings (SSSR count). The second kappa shape index (κ2) is 38.5. The molecule has 4 aromatic carbocycles. The van der Waals surface area contributed by atoms with Gasteiger partial charge in [-0.25, -0.2) is 29.9 Å². The molecule has 12 aromatic heterocycles. The molecule has 710 valence electrons. The van der Waals surface area contributed by atoms with Gasteiger partial charge in [-0.3, -0.25) is 28.3 Å². The Morgan fingerprint density at radius 3 is 1.17 bits per heavy atom. The van der Waals surface area contributed by atoms with Crippen LogP contribution in [0.15, 0.2) is 202 Å². The van der Waals surface area contributed by atoms with E-state index in [9.17, 15) is 29.5 Å². The number of halogens is 1. The molecule has 3 saturated carbocycles. The van der Waals surface area contributed by atoms with E-state index in [1.165, 1.54) is 9.80 Å². The summed E-state index contributed by atoms with van der Waals surface area (Å²) < 4.78 is 43.5. The summed E-state index contributed by atoms with van der Waals surface area (Å²) in [6.07, 6.45) is 26.9. The summed E-state index contributed by atoms with van der Waals surface area (Å²) in [5.74, 6) is 5.40. The Balaban J connectivity index is 0.000000133. The maximum absolute atomic E-state index is 14.5. The number of rotatable bonds is 28. The Kier molecular flexibility index (Phi) is 26.6. The highest BCUT2D eigenvalue weighted by Crippen LogP contribution is 2.54. The first kappa shape index (κ1) is 95.3. The van der Waals surface area contributed by atoms with Gasteiger partial charge in [0.1, 0.15) is 25.0 Å². The molecular weight excluding hydrogens is 1760 g/mol. The van der Waals surface area contributed by atoms with Crippen LogP contribution in [0.5, 0.6) is 0 Å². The number of hydrogen-bond acceptors (Lipinski definition) is 32. The Morgan fingerprint density at radius 2 is 0.797 bits per heavy atom. The van der Waals surface area contributed by atoms with Gasteiger partial charge in [0, 0.05) is 88.3 Å². The summed E-state index contributed by atoms with van der Waals surface area (Å²) in [5.41, 5.74) is 33.1. The number of aliphatic hydroxyl groups is 2. The van der Waals surface area contributed by atoms with Crippen molar-refractivity contribution in [1.29, 1.82) is 5.26 Å². The molecule has 0 spiro atoms. The largest absolute Gasteiger partial charge is 0.389 e. The fourth-order valence-corrected chi connectivity index (χ4v) is 16.7. The van der Waals surface area contributed by atoms with Crippen molar-refractivity contribution in [2.45, 2.75) is 174 Å². The molecule has 0 aliphatic heterocycles. The van der Waals surface area contributed by atoms with Crippen molar-refractivity contribution in [1.82, 2.24) is 124 Å². The van der Waals surface area contributed by atoms with Gasteiger partial charge in [-0.1, -0.05) is 132 Å². The summed E-state index contributed by atoms with van der Waals surface area (Å²) in [7, 11) is 6.80. The lowest BCUT2D eigenvalue weighted by atomic mass is 9.72. The minimum absolute atomic E-state index is 0.0607. The first-order valence-electron chi connectivity index (χ1n) is 45.1. The van der Waals surface area contributed by atoms with Gasteiger partial charge in [0.25, 0.3) is 23.6 Å². The number of carbonyl (C=O) groups excluding carboxylic acids is 2. The minimum Gasteiger partial charge on any atom is -0.389 e. The maximum Gasteiger partial charge on any atom is 0.261 e. The number of aromatic nitrogens is 23. The number of carbonyl (C=O) groups is 2. The molecule has 0 bridgehead atoms. The number of nitrogens with zero attached hydrogens (tertiary/aromatic N) is 26. The molecule has 16 aromatic rings. The van der Waals surface area contributed by atoms with Gasteiger partial charge < -0.3 is 61.0 Å². The van der Waals surface area contributed by atoms with E-state index >= 15 is 0 Å². The predicted octanol–water partition coefficient (Wildman–Crippen LogP) is 13.6. The van der Waals surface area contributed by atoms with E-state index < -0.39 is 33.4 Å². The van der Waals surface area contributed by atoms with Gasteiger partial charge in [-0.15, -0.1) is 0 Å². The first-order chi connectivity index (χ1) is 65.7. The van der Waals surface area contributed by atoms with Gasteiger partial charge in [0.05, 0.1) is 116 Å². The molecule has 4 atom stereocenters. The molecule has 39 heteroatoms. The Labute approximate surface area is 794 Å². The average molecular weight is 1870 g/mol. The van der Waals surface area contributed by atoms with E-state index in [4.69, 9.17) is 61.0 Å². The summed E-state index contributed by atoms with van der Waals surface area (Å²) >= 11 is 0. The number of nitriles is 1. The Morgan fingerprint density at radius 1 is 0.435 bits per heavy atom. The van der Waals surface area contributed by atoms with Crippen LogP contribution in [-0.4, -0.2) is 186 Å². The summed E-state index contributed by atoms with van der Waals surface area (Å²) in [4.78, 5) is 74.4. The van der Waals surface area contributed by atoms with Crippen LogP contribution in [0, 0.1) is 47.9 Å². The number of hydrogen-bond donors (Lipinski definition) is 6. The monoisotopic (exact) mass is 1860 g/mol. The number of amides is 2. The maximum atomic E-state index is 14.5. The number of nitrogen functional groups attached to an aromatic ring is 4. The standard InChI is InChI=1S/C25H27FN8O2.C25H25N9O2.C25H28N6O2.C24H29N7O2/c1-14-20(21(26)30-24(27)29-14)15-5-7-17(8-6-15)25(2,18-9-10-18)23-31-22(36-32-23)16-11-28-34(12-16)13-19(35)33(3)4;1-25(18-8-9-18,17-6-4-15(5-7-17)20-12-28-22(27)19(10-26)30-20)24-31-23(36-32-24)16-11-29-34(13-16)14-21(35)33(2)3;1-24(2,32)15-31-14-18(13-28-31)22-29-23(30-33-22)25(3,20-9-10-20)19-7-4-16(5-8-19)17-6-11-21(26)27-12-17;1-15(2)24(5,19-8-6-16(7-9-19)17-10-26-22(25)27-11-17)21-29-20(33-30-21)18-12-28-31(13-18)14-23(3,4)32/h5-8,11-12,18H,9-10,13H2,1-4H3,(H2,27,29,30);4-7,11-13,18H,8-9,14H2,1-3H3,(H2,27,28);4-8,11-14,20,32H,9-10,15H2,1-3H3,(H2,26,27);6-13,15,32H,14H2,1-5H3,(H2,25,26,27)/t3*25-;24-/m0001/s1. The molecule has 10 N–H and O–H groups in total. The predicted molar refractivity (Wildman–Crippen MR) is 510 cm³/mol. The van der Waals surface area contributed by atoms with Crippen molar-refractivity contribution in [2.24, 2.45) is 23.7 Å². The van der Waals surface area contributed by atoms with Crippen LogP contribution in [-0.2, 0) is 57.4 Å². The molecule has 3 aliphatic carbocycles. The number of pyridine rings is 1. The highest BCUT2D eigenvalue weighted by atomic mass is 19.1. The van der Waals surface area contributed by atoms with Crippen molar-refractivity contribution in [3.05, 3.63) is 246 Å². The van der Waals surface area contributed by atoms with Gasteiger partial charge in [-0.05, 0) is 176 Å². The molecule has 3 aliphatic rings. The highest BCUT2D eigenvalue weighted by molar-refractivity contribution is 5.76. The molecule has 0 radical (unpaired) electrons. The van der Waals surface area contributed by atoms with Gasteiger partial charge in [0.2, 0.25) is 29.7 Å². The zero-order valence-electron chi connectivity index (χ0n) is 79.4. The van der Waals surface area contributed by atoms with Gasteiger partial charge in [0.15, 0.2) is 34.8 Å². The van der Waals surface area contributed by atoms with E-state index in [0.29, 0.717) is 123 Å². The normalized spacial score (nSPS) is 14.9. The lowest BCUT2D eigenvalue weighted by Gasteiger charge is -2.31. The fraction of sp³-hybridized carbons (Fsp3) is 0.354. The van der Waals surface area contributed by atoms with Crippen LogP contribution in [0.4, 0.5) is 27.9 Å². The topological polar surface area (TPSA) is 526 Å². The molecule has 0 unspecified atom stereocenters. The zero-order chi connectivity index (χ0) is 98.1. The number of anilines is 4. The third-order valence-corrected chi connectivity index (χ3v) is 25.7. The van der Waals surface area contributed by atoms with Crippen LogP contribution in [0.25, 0.3) is 90.5 Å². The zero-order valence-corrected chi connectivity index (χ0v) is 79.4. The quantitative estimate of drug-likeness (QED) is 0.0248. The molecule has 38 nitrogen and oxygen atoms in total. The number of aryl methyl sites for hydroxylation is 1. The van der Waals surface area contributed by atoms with Crippen LogP contribution >= 0.6 is 0 Å². The Bertz CT molecular complexity index is 6820. The molecular formula is C99H109FN30O8. The van der Waals surface area contributed by atoms with Crippen LogP contribution in [0.1, 0.15) is 165 Å². The van der Waals surface area contributed by atoms with E-state index in [-0.39, 0.29) is 59.6 Å². The van der Waals surface area contributed by atoms with Crippen molar-refractivity contribution < 1.29 is 42.3 Å². The van der Waals surface area contributed by atoms with Crippen molar-refractivity contribution in [2.75, 3.05) is 51.1 Å². The first-order valence-corrected chi connectivity index (χ1v) is 45.1. The highest BCUT2D eigenvalue weighted by Gasteiger charge is 2.51. The Hall–Kier alpha value is -15.9. The SMILES string of the molecule is CC(C)(O)Cn1cc(-c2nc([C@@](C)(c3ccc(-c4ccc(N)nc4)cc3)C3CC3)no2)cn1.CC(C)[C@](C)(c1ccc(-c2cnc(N)nc2)cc1)c1noc(-c2cnn(CC(C)(C)O)c2)n1.CN(C)C(=O)Cn1cc(-c2nc([C@@](C)(c3ccc(-c4cnc(N)c(C#N)n4)cc3)C3CC3)no2)cn1.Cc1nc(N)nc(F)c1-c1ccc([C@](C)(c2noc(-c3cnn(CC(=O)N(C)C)c3)n2)C2CC2)cc1. The van der Waals surface area contributed by atoms with Gasteiger partial charge in [-0.2, -0.15) is 55.0 Å². The molecule has 138 heavy (non-hydrogen) atoms. The second-order valence-electron chi connectivity index (χ2n) is 37.9. The van der Waals surface area contributed by atoms with E-state index in [1.807, 2.05) is 85.1 Å². The smallest absolute Gasteiger partial charge is 0.261 e. The van der Waals surface area contributed by atoms with Gasteiger partial charge >= 0.3 is 0 Å². The number of likely N-dealkylation sites (N-methyl/N-ethyl adjacent to an activating group) is 2. The lowest BCUT2D eigenvalue weighted by molar-refractivity contribution is -0.130. The summed E-state index contributed by atoms with van der Waals surface area (Å²) in [6, 6.07) is 38.0. The second-order valence-corrected chi connectivity index (χ2v) is 37.9. The summed E-state index contributed by atoms with van der Waals surface area (Å²) in [5, 5.41) is 63.8. The van der Waals surface area contributed by atoms with Crippen molar-refractivity contribution in [3.63, 3.8) is 0 Å². The number of benzene rings is 4.